The number of carbonyl (C=O) groups excluding carboxylic acids is 1. The summed E-state index contributed by atoms with van der Waals surface area (Å²) in [7, 11) is -0.853. The van der Waals surface area contributed by atoms with Crippen LogP contribution in [-0.4, -0.2) is 39.4 Å². The van der Waals surface area contributed by atoms with Crippen LogP contribution in [0.5, 0.6) is 5.75 Å². The highest BCUT2D eigenvalue weighted by Gasteiger charge is 2.27. The molecule has 0 saturated heterocycles. The number of benzene rings is 1. The van der Waals surface area contributed by atoms with Gasteiger partial charge in [-0.3, -0.25) is 4.79 Å². The minimum absolute atomic E-state index is 0.135. The van der Waals surface area contributed by atoms with E-state index in [1.165, 1.54) is 19.2 Å². The Morgan fingerprint density at radius 3 is 2.50 bits per heavy atom. The Hall–Kier alpha value is -1.60. The first kappa shape index (κ1) is 14.8. The van der Waals surface area contributed by atoms with Gasteiger partial charge in [-0.1, -0.05) is 0 Å². The monoisotopic (exact) mass is 298 g/mol. The first-order valence-electron chi connectivity index (χ1n) is 6.32. The molecule has 1 aliphatic rings. The van der Waals surface area contributed by atoms with Crippen molar-refractivity contribution in [3.63, 3.8) is 0 Å². The average Bonchev–Trinajstić information content (AvgIpc) is 2.34. The van der Waals surface area contributed by atoms with Crippen LogP contribution in [0.2, 0.25) is 0 Å². The smallest absolute Gasteiger partial charge is 0.253 e. The van der Waals surface area contributed by atoms with E-state index in [1.807, 2.05) is 0 Å². The van der Waals surface area contributed by atoms with Crippen molar-refractivity contribution >= 4 is 15.9 Å². The number of amides is 1. The second-order valence-corrected chi connectivity index (χ2v) is 6.44. The Morgan fingerprint density at radius 1 is 1.40 bits per heavy atom. The molecule has 2 rings (SSSR count). The summed E-state index contributed by atoms with van der Waals surface area (Å²) in [5, 5.41) is 5.14. The van der Waals surface area contributed by atoms with Crippen molar-refractivity contribution in [1.29, 1.82) is 0 Å². The minimum Gasteiger partial charge on any atom is -0.495 e. The van der Waals surface area contributed by atoms with Crippen LogP contribution in [0.25, 0.3) is 0 Å². The van der Waals surface area contributed by atoms with Crippen LogP contribution in [0.3, 0.4) is 0 Å². The summed E-state index contributed by atoms with van der Waals surface area (Å²) in [4.78, 5) is 13.8. The number of hydrogen-bond acceptors (Lipinski definition) is 4. The van der Waals surface area contributed by atoms with Crippen molar-refractivity contribution in [1.82, 2.24) is 4.90 Å². The molecule has 7 heteroatoms. The molecule has 0 radical (unpaired) electrons. The van der Waals surface area contributed by atoms with Crippen LogP contribution in [0.4, 0.5) is 0 Å². The van der Waals surface area contributed by atoms with Crippen molar-refractivity contribution in [3.05, 3.63) is 23.8 Å². The normalized spacial score (nSPS) is 15.6. The van der Waals surface area contributed by atoms with E-state index in [0.717, 1.165) is 19.3 Å². The molecule has 6 nitrogen and oxygen atoms in total. The first-order chi connectivity index (χ1) is 9.34. The molecule has 0 atom stereocenters. The zero-order valence-electron chi connectivity index (χ0n) is 11.5. The molecule has 1 saturated carbocycles. The van der Waals surface area contributed by atoms with E-state index in [9.17, 15) is 13.2 Å². The molecule has 110 valence electrons. The highest BCUT2D eigenvalue weighted by Crippen LogP contribution is 2.27. The van der Waals surface area contributed by atoms with E-state index in [2.05, 4.69) is 0 Å². The molecule has 1 aromatic rings. The lowest BCUT2D eigenvalue weighted by Gasteiger charge is -2.34. The van der Waals surface area contributed by atoms with Gasteiger partial charge in [-0.25, -0.2) is 13.6 Å². The van der Waals surface area contributed by atoms with Crippen LogP contribution in [-0.2, 0) is 10.0 Å². The molecule has 2 N–H and O–H groups in total. The molecule has 1 amide bonds. The molecule has 20 heavy (non-hydrogen) atoms. The lowest BCUT2D eigenvalue weighted by molar-refractivity contribution is 0.0651. The van der Waals surface area contributed by atoms with Crippen LogP contribution in [0.15, 0.2) is 23.1 Å². The number of nitrogens with zero attached hydrogens (tertiary/aromatic N) is 1. The Kier molecular flexibility index (Phi) is 4.01. The van der Waals surface area contributed by atoms with Crippen LogP contribution >= 0.6 is 0 Å². The highest BCUT2D eigenvalue weighted by atomic mass is 32.2. The number of sulfonamides is 1. The highest BCUT2D eigenvalue weighted by molar-refractivity contribution is 7.89. The van der Waals surface area contributed by atoms with E-state index in [0.29, 0.717) is 5.56 Å². The zero-order valence-corrected chi connectivity index (χ0v) is 12.3. The van der Waals surface area contributed by atoms with Gasteiger partial charge in [0.1, 0.15) is 10.6 Å². The molecular formula is C13H18N2O4S. The maximum atomic E-state index is 12.3. The SMILES string of the molecule is COc1ccc(C(=O)N(C)C2CCC2)cc1S(N)(=O)=O. The summed E-state index contributed by atoms with van der Waals surface area (Å²) >= 11 is 0. The number of nitrogens with two attached hydrogens (primary N) is 1. The molecule has 0 bridgehead atoms. The number of primary sulfonamides is 1. The van der Waals surface area contributed by atoms with Crippen LogP contribution < -0.4 is 9.88 Å². The fourth-order valence-electron chi connectivity index (χ4n) is 2.18. The molecule has 0 unspecified atom stereocenters. The van der Waals surface area contributed by atoms with E-state index in [4.69, 9.17) is 9.88 Å². The lowest BCUT2D eigenvalue weighted by atomic mass is 9.91. The van der Waals surface area contributed by atoms with Gasteiger partial charge in [0.25, 0.3) is 5.91 Å². The van der Waals surface area contributed by atoms with E-state index >= 15 is 0 Å². The van der Waals surface area contributed by atoms with Crippen molar-refractivity contribution < 1.29 is 17.9 Å². The third-order valence-electron chi connectivity index (χ3n) is 3.66. The van der Waals surface area contributed by atoms with Gasteiger partial charge in [-0.05, 0) is 37.5 Å². The molecular weight excluding hydrogens is 280 g/mol. The average molecular weight is 298 g/mol. The second kappa shape index (κ2) is 5.41. The molecule has 0 spiro atoms. The fraction of sp³-hybridized carbons (Fsp3) is 0.462. The van der Waals surface area contributed by atoms with Crippen LogP contribution in [0.1, 0.15) is 29.6 Å². The van der Waals surface area contributed by atoms with Gasteiger partial charge in [0, 0.05) is 18.7 Å². The van der Waals surface area contributed by atoms with E-state index in [-0.39, 0.29) is 22.6 Å². The summed E-state index contributed by atoms with van der Waals surface area (Å²) in [5.74, 6) is -0.0717. The number of hydrogen-bond donors (Lipinski definition) is 1. The van der Waals surface area contributed by atoms with E-state index < -0.39 is 10.0 Å². The van der Waals surface area contributed by atoms with Gasteiger partial charge < -0.3 is 9.64 Å². The Labute approximate surface area is 118 Å². The first-order valence-corrected chi connectivity index (χ1v) is 7.87. The maximum Gasteiger partial charge on any atom is 0.253 e. The third-order valence-corrected chi connectivity index (χ3v) is 4.59. The number of ether oxygens (including phenoxy) is 1. The van der Waals surface area contributed by atoms with Crippen molar-refractivity contribution in [3.8, 4) is 5.75 Å². The summed E-state index contributed by atoms with van der Waals surface area (Å²) in [6.45, 7) is 0. The standard InChI is InChI=1S/C13H18N2O4S/c1-15(10-4-3-5-10)13(16)9-6-7-11(19-2)12(8-9)20(14,17)18/h6-8,10H,3-5H2,1-2H3,(H2,14,17,18). The summed E-state index contributed by atoms with van der Waals surface area (Å²) < 4.78 is 28.0. The molecule has 0 heterocycles. The molecule has 1 aliphatic carbocycles. The summed E-state index contributed by atoms with van der Waals surface area (Å²) in [6.07, 6.45) is 3.09. The molecule has 1 aromatic carbocycles. The van der Waals surface area contributed by atoms with E-state index in [1.54, 1.807) is 18.0 Å². The predicted octanol–water partition coefficient (Wildman–Crippen LogP) is 0.967. The number of methoxy groups -OCH3 is 1. The Morgan fingerprint density at radius 2 is 2.05 bits per heavy atom. The Bertz CT molecular complexity index is 623. The van der Waals surface area contributed by atoms with Gasteiger partial charge in [-0.15, -0.1) is 0 Å². The van der Waals surface area contributed by atoms with Crippen LogP contribution in [0, 0.1) is 0 Å². The van der Waals surface area contributed by atoms with Gasteiger partial charge in [0.05, 0.1) is 7.11 Å². The lowest BCUT2D eigenvalue weighted by Crippen LogP contribution is -2.41. The topological polar surface area (TPSA) is 89.7 Å². The van der Waals surface area contributed by atoms with Crippen molar-refractivity contribution in [2.24, 2.45) is 5.14 Å². The minimum atomic E-state index is -3.93. The van der Waals surface area contributed by atoms with Crippen molar-refractivity contribution in [2.75, 3.05) is 14.2 Å². The van der Waals surface area contributed by atoms with Gasteiger partial charge in [0.2, 0.25) is 10.0 Å². The predicted molar refractivity (Wildman–Crippen MR) is 74.1 cm³/mol. The Balaban J connectivity index is 2.35. The number of rotatable bonds is 4. The second-order valence-electron chi connectivity index (χ2n) is 4.91. The molecule has 0 aromatic heterocycles. The third kappa shape index (κ3) is 2.78. The van der Waals surface area contributed by atoms with Gasteiger partial charge >= 0.3 is 0 Å². The quantitative estimate of drug-likeness (QED) is 0.896. The largest absolute Gasteiger partial charge is 0.495 e. The molecule has 0 aliphatic heterocycles. The van der Waals surface area contributed by atoms with Gasteiger partial charge in [0.15, 0.2) is 0 Å². The van der Waals surface area contributed by atoms with Gasteiger partial charge in [-0.2, -0.15) is 0 Å². The van der Waals surface area contributed by atoms with Crippen molar-refractivity contribution in [2.45, 2.75) is 30.2 Å². The molecule has 1 fully saturated rings. The fourth-order valence-corrected chi connectivity index (χ4v) is 2.90. The zero-order chi connectivity index (χ0) is 14.9. The summed E-state index contributed by atoms with van der Waals surface area (Å²) in [5.41, 5.74) is 0.296. The number of carbonyl (C=O) groups is 1. The summed E-state index contributed by atoms with van der Waals surface area (Å²) in [6, 6.07) is 4.50. The maximum absolute atomic E-state index is 12.3.